The summed E-state index contributed by atoms with van der Waals surface area (Å²) in [7, 11) is 0. The minimum Gasteiger partial charge on any atom is -0.386 e. The number of halogens is 4. The molecule has 0 radical (unpaired) electrons. The van der Waals surface area contributed by atoms with Gasteiger partial charge in [-0.1, -0.05) is 0 Å². The Labute approximate surface area is 100 Å². The van der Waals surface area contributed by atoms with Gasteiger partial charge in [0.25, 0.3) is 0 Å². The lowest BCUT2D eigenvalue weighted by atomic mass is 9.91. The molecule has 0 saturated heterocycles. The van der Waals surface area contributed by atoms with Crippen LogP contribution in [0.15, 0.2) is 12.1 Å². The lowest BCUT2D eigenvalue weighted by Gasteiger charge is -2.30. The molecule has 0 bridgehead atoms. The minimum absolute atomic E-state index is 0.0493. The van der Waals surface area contributed by atoms with Crippen molar-refractivity contribution in [3.05, 3.63) is 34.6 Å². The van der Waals surface area contributed by atoms with Crippen molar-refractivity contribution in [1.29, 1.82) is 0 Å². The maximum atomic E-state index is 13.8. The van der Waals surface area contributed by atoms with Crippen LogP contribution in [-0.2, 0) is 16.5 Å². The Morgan fingerprint density at radius 3 is 2.50 bits per heavy atom. The number of hydrogen-bond donors (Lipinski definition) is 1. The SMILES string of the molecule is OC1COC2(CC2)c2cc(C(F)(F)F)cc(F)c21. The van der Waals surface area contributed by atoms with E-state index < -0.39 is 29.3 Å². The van der Waals surface area contributed by atoms with Gasteiger partial charge in [0.2, 0.25) is 0 Å². The molecule has 1 aromatic rings. The predicted molar refractivity (Wildman–Crippen MR) is 53.2 cm³/mol. The van der Waals surface area contributed by atoms with Gasteiger partial charge < -0.3 is 9.84 Å². The van der Waals surface area contributed by atoms with E-state index in [0.717, 1.165) is 6.07 Å². The molecule has 1 unspecified atom stereocenters. The number of aliphatic hydroxyl groups is 1. The van der Waals surface area contributed by atoms with Crippen LogP contribution in [0, 0.1) is 5.82 Å². The highest BCUT2D eigenvalue weighted by Crippen LogP contribution is 2.55. The van der Waals surface area contributed by atoms with Crippen LogP contribution < -0.4 is 0 Å². The molecule has 1 spiro atoms. The Morgan fingerprint density at radius 1 is 1.28 bits per heavy atom. The van der Waals surface area contributed by atoms with E-state index in [2.05, 4.69) is 0 Å². The first-order valence-electron chi connectivity index (χ1n) is 5.57. The van der Waals surface area contributed by atoms with Crippen molar-refractivity contribution < 1.29 is 27.4 Å². The third-order valence-corrected chi connectivity index (χ3v) is 3.50. The van der Waals surface area contributed by atoms with E-state index in [9.17, 15) is 22.7 Å². The average molecular weight is 262 g/mol. The number of rotatable bonds is 0. The first-order valence-corrected chi connectivity index (χ1v) is 5.57. The Balaban J connectivity index is 2.20. The first kappa shape index (κ1) is 11.9. The summed E-state index contributed by atoms with van der Waals surface area (Å²) in [5.74, 6) is -1.01. The smallest absolute Gasteiger partial charge is 0.386 e. The van der Waals surface area contributed by atoms with Gasteiger partial charge in [-0.15, -0.1) is 0 Å². The van der Waals surface area contributed by atoms with Gasteiger partial charge in [-0.3, -0.25) is 0 Å². The van der Waals surface area contributed by atoms with Crippen LogP contribution in [0.3, 0.4) is 0 Å². The summed E-state index contributed by atoms with van der Waals surface area (Å²) < 4.78 is 57.0. The molecular weight excluding hydrogens is 252 g/mol. The van der Waals surface area contributed by atoms with E-state index >= 15 is 0 Å². The second kappa shape index (κ2) is 3.45. The Bertz CT molecular complexity index is 506. The van der Waals surface area contributed by atoms with E-state index in [1.807, 2.05) is 0 Å². The molecule has 1 aliphatic heterocycles. The number of benzene rings is 1. The molecule has 1 aliphatic carbocycles. The van der Waals surface area contributed by atoms with Crippen molar-refractivity contribution in [2.24, 2.45) is 0 Å². The van der Waals surface area contributed by atoms with Gasteiger partial charge in [-0.2, -0.15) is 13.2 Å². The Kier molecular flexibility index (Phi) is 2.29. The van der Waals surface area contributed by atoms with Gasteiger partial charge in [-0.25, -0.2) is 4.39 Å². The molecule has 6 heteroatoms. The van der Waals surface area contributed by atoms with Crippen molar-refractivity contribution in [2.75, 3.05) is 6.61 Å². The standard InChI is InChI=1S/C12H10F4O2/c13-8-4-6(12(14,15)16)3-7-10(8)9(17)5-18-11(7)1-2-11/h3-4,9,17H,1-2,5H2. The monoisotopic (exact) mass is 262 g/mol. The Hall–Kier alpha value is -1.14. The van der Waals surface area contributed by atoms with Gasteiger partial charge in [0.05, 0.1) is 17.8 Å². The van der Waals surface area contributed by atoms with Crippen molar-refractivity contribution in [2.45, 2.75) is 30.7 Å². The number of alkyl halides is 3. The van der Waals surface area contributed by atoms with Gasteiger partial charge in [-0.05, 0) is 30.5 Å². The quantitative estimate of drug-likeness (QED) is 0.728. The molecule has 0 amide bonds. The summed E-state index contributed by atoms with van der Waals surface area (Å²) in [6.07, 6.45) is -4.68. The van der Waals surface area contributed by atoms with E-state index in [1.54, 1.807) is 0 Å². The fraction of sp³-hybridized carbons (Fsp3) is 0.500. The maximum absolute atomic E-state index is 13.8. The van der Waals surface area contributed by atoms with Crippen LogP contribution in [0.5, 0.6) is 0 Å². The second-order valence-corrected chi connectivity index (χ2v) is 4.74. The molecule has 3 rings (SSSR count). The topological polar surface area (TPSA) is 29.5 Å². The molecule has 0 aromatic heterocycles. The zero-order valence-electron chi connectivity index (χ0n) is 9.22. The van der Waals surface area contributed by atoms with Gasteiger partial charge in [0, 0.05) is 5.56 Å². The molecule has 1 heterocycles. The molecule has 1 fully saturated rings. The molecular formula is C12H10F4O2. The second-order valence-electron chi connectivity index (χ2n) is 4.74. The van der Waals surface area contributed by atoms with Crippen LogP contribution in [0.2, 0.25) is 0 Å². The van der Waals surface area contributed by atoms with Crippen molar-refractivity contribution in [1.82, 2.24) is 0 Å². The fourth-order valence-electron chi connectivity index (χ4n) is 2.42. The third-order valence-electron chi connectivity index (χ3n) is 3.50. The van der Waals surface area contributed by atoms with E-state index in [0.29, 0.717) is 18.9 Å². The molecule has 1 aromatic carbocycles. The number of hydrogen-bond acceptors (Lipinski definition) is 2. The maximum Gasteiger partial charge on any atom is 0.416 e. The van der Waals surface area contributed by atoms with Crippen molar-refractivity contribution >= 4 is 0 Å². The molecule has 2 aliphatic rings. The summed E-state index contributed by atoms with van der Waals surface area (Å²) in [6.45, 7) is -0.0741. The van der Waals surface area contributed by atoms with Gasteiger partial charge in [0.15, 0.2) is 0 Å². The Morgan fingerprint density at radius 2 is 1.94 bits per heavy atom. The van der Waals surface area contributed by atoms with Crippen LogP contribution in [0.25, 0.3) is 0 Å². The number of ether oxygens (including phenoxy) is 1. The molecule has 1 atom stereocenters. The van der Waals surface area contributed by atoms with Crippen molar-refractivity contribution in [3.8, 4) is 0 Å². The fourth-order valence-corrected chi connectivity index (χ4v) is 2.42. The average Bonchev–Trinajstić information content (AvgIpc) is 3.03. The third kappa shape index (κ3) is 1.63. The molecule has 98 valence electrons. The van der Waals surface area contributed by atoms with Gasteiger partial charge >= 0.3 is 6.18 Å². The number of aliphatic hydroxyl groups excluding tert-OH is 1. The zero-order chi connectivity index (χ0) is 13.1. The summed E-state index contributed by atoms with van der Waals surface area (Å²) in [6, 6.07) is 1.33. The van der Waals surface area contributed by atoms with E-state index in [4.69, 9.17) is 4.74 Å². The van der Waals surface area contributed by atoms with E-state index in [1.165, 1.54) is 0 Å². The van der Waals surface area contributed by atoms with Crippen LogP contribution in [0.4, 0.5) is 17.6 Å². The summed E-state index contributed by atoms with van der Waals surface area (Å²) in [5.41, 5.74) is -1.75. The minimum atomic E-state index is -4.60. The summed E-state index contributed by atoms with van der Waals surface area (Å²) >= 11 is 0. The number of fused-ring (bicyclic) bond motifs is 2. The normalized spacial score (nSPS) is 25.1. The van der Waals surface area contributed by atoms with Crippen LogP contribution in [0.1, 0.15) is 35.6 Å². The molecule has 1 saturated carbocycles. The zero-order valence-corrected chi connectivity index (χ0v) is 9.22. The summed E-state index contributed by atoms with van der Waals surface area (Å²) in [4.78, 5) is 0. The van der Waals surface area contributed by atoms with Crippen molar-refractivity contribution in [3.63, 3.8) is 0 Å². The summed E-state index contributed by atoms with van der Waals surface area (Å²) in [5, 5.41) is 9.65. The molecule has 2 nitrogen and oxygen atoms in total. The highest BCUT2D eigenvalue weighted by molar-refractivity contribution is 5.44. The molecule has 18 heavy (non-hydrogen) atoms. The largest absolute Gasteiger partial charge is 0.416 e. The highest BCUT2D eigenvalue weighted by atomic mass is 19.4. The van der Waals surface area contributed by atoms with Crippen LogP contribution >= 0.6 is 0 Å². The van der Waals surface area contributed by atoms with E-state index in [-0.39, 0.29) is 17.7 Å². The van der Waals surface area contributed by atoms with Gasteiger partial charge in [0.1, 0.15) is 11.9 Å². The van der Waals surface area contributed by atoms with Crippen LogP contribution in [-0.4, -0.2) is 11.7 Å². The first-order chi connectivity index (χ1) is 8.33. The lowest BCUT2D eigenvalue weighted by molar-refractivity contribution is -0.138. The lowest BCUT2D eigenvalue weighted by Crippen LogP contribution is -2.28. The highest BCUT2D eigenvalue weighted by Gasteiger charge is 2.52. The predicted octanol–water partition coefficient (Wildman–Crippen LogP) is 2.90. The molecule has 1 N–H and O–H groups in total.